The molecule has 1 aromatic carbocycles. The third-order valence-electron chi connectivity index (χ3n) is 3.17. The van der Waals surface area contributed by atoms with Gasteiger partial charge in [-0.15, -0.1) is 13.2 Å². The Morgan fingerprint density at radius 2 is 1.86 bits per heavy atom. The van der Waals surface area contributed by atoms with Crippen molar-refractivity contribution >= 4 is 5.91 Å². The Balaban J connectivity index is 2.48. The number of allylic oxidation sites excluding steroid dienone is 2. The lowest BCUT2D eigenvalue weighted by Crippen LogP contribution is -2.17. The second-order valence-electron chi connectivity index (χ2n) is 4.91. The third-order valence-corrected chi connectivity index (χ3v) is 3.17. The lowest BCUT2D eigenvalue weighted by Gasteiger charge is -2.09. The average Bonchev–Trinajstić information content (AvgIpc) is 2.42. The molecule has 22 heavy (non-hydrogen) atoms. The van der Waals surface area contributed by atoms with E-state index in [1.165, 1.54) is 12.1 Å². The number of hydrogen-bond donors (Lipinski definition) is 1. The number of carbonyl (C=O) groups is 1. The molecule has 0 atom stereocenters. The van der Waals surface area contributed by atoms with Gasteiger partial charge in [0.1, 0.15) is 5.75 Å². The Bertz CT molecular complexity index is 507. The zero-order chi connectivity index (χ0) is 16.6. The number of alkyl halides is 3. The Morgan fingerprint density at radius 1 is 1.23 bits per heavy atom. The normalized spacial score (nSPS) is 12.3. The van der Waals surface area contributed by atoms with E-state index in [0.29, 0.717) is 19.3 Å². The van der Waals surface area contributed by atoms with E-state index in [-0.39, 0.29) is 11.7 Å². The Morgan fingerprint density at radius 3 is 2.36 bits per heavy atom. The smallest absolute Gasteiger partial charge is 0.406 e. The van der Waals surface area contributed by atoms with Crippen LogP contribution in [-0.2, 0) is 11.2 Å². The lowest BCUT2D eigenvalue weighted by atomic mass is 10.0. The first kappa shape index (κ1) is 18.1. The molecule has 0 aromatic heterocycles. The molecule has 122 valence electrons. The van der Waals surface area contributed by atoms with Gasteiger partial charge in [-0.25, -0.2) is 0 Å². The lowest BCUT2D eigenvalue weighted by molar-refractivity contribution is -0.274. The van der Waals surface area contributed by atoms with Gasteiger partial charge in [-0.1, -0.05) is 30.7 Å². The van der Waals surface area contributed by atoms with E-state index in [9.17, 15) is 18.0 Å². The molecule has 1 amide bonds. The summed E-state index contributed by atoms with van der Waals surface area (Å²) < 4.78 is 39.9. The van der Waals surface area contributed by atoms with Crippen LogP contribution in [0, 0.1) is 0 Å². The van der Waals surface area contributed by atoms with Crippen LogP contribution in [0.1, 0.15) is 38.2 Å². The Labute approximate surface area is 128 Å². The largest absolute Gasteiger partial charge is 0.573 e. The molecule has 0 aliphatic rings. The van der Waals surface area contributed by atoms with E-state index in [2.05, 4.69) is 10.8 Å². The molecule has 1 aromatic rings. The third kappa shape index (κ3) is 7.71. The average molecular weight is 315 g/mol. The van der Waals surface area contributed by atoms with Crippen molar-refractivity contribution in [1.29, 1.82) is 0 Å². The monoisotopic (exact) mass is 315 g/mol. The number of benzene rings is 1. The number of primary amides is 1. The van der Waals surface area contributed by atoms with Gasteiger partial charge in [0.25, 0.3) is 0 Å². The number of halogens is 3. The predicted octanol–water partition coefficient (Wildman–Crippen LogP) is 4.12. The van der Waals surface area contributed by atoms with Crippen LogP contribution in [0.3, 0.4) is 0 Å². The van der Waals surface area contributed by atoms with Gasteiger partial charge in [-0.2, -0.15) is 0 Å². The van der Waals surface area contributed by atoms with Gasteiger partial charge >= 0.3 is 6.36 Å². The molecule has 3 nitrogen and oxygen atoms in total. The summed E-state index contributed by atoms with van der Waals surface area (Å²) in [4.78, 5) is 10.7. The fourth-order valence-corrected chi connectivity index (χ4v) is 2.01. The molecule has 0 spiro atoms. The topological polar surface area (TPSA) is 52.3 Å². The number of nitrogens with two attached hydrogens (primary N) is 1. The molecule has 0 heterocycles. The van der Waals surface area contributed by atoms with E-state index < -0.39 is 6.36 Å². The van der Waals surface area contributed by atoms with Crippen LogP contribution in [0.5, 0.6) is 5.75 Å². The van der Waals surface area contributed by atoms with Crippen LogP contribution in [-0.4, -0.2) is 12.3 Å². The summed E-state index contributed by atoms with van der Waals surface area (Å²) in [5, 5.41) is 0. The zero-order valence-electron chi connectivity index (χ0n) is 12.5. The van der Waals surface area contributed by atoms with E-state index in [4.69, 9.17) is 5.73 Å². The summed E-state index contributed by atoms with van der Waals surface area (Å²) in [7, 11) is 0. The number of amides is 1. The molecule has 6 heteroatoms. The summed E-state index contributed by atoms with van der Waals surface area (Å²) >= 11 is 0. The highest BCUT2D eigenvalue weighted by Crippen LogP contribution is 2.23. The fraction of sp³-hybridized carbons (Fsp3) is 0.438. The molecule has 0 saturated carbocycles. The van der Waals surface area contributed by atoms with Crippen LogP contribution < -0.4 is 10.5 Å². The van der Waals surface area contributed by atoms with Crippen molar-refractivity contribution in [2.24, 2.45) is 5.73 Å². The first-order valence-corrected chi connectivity index (χ1v) is 7.11. The Hall–Kier alpha value is -1.98. The molecule has 0 radical (unpaired) electrons. The van der Waals surface area contributed by atoms with Crippen LogP contribution >= 0.6 is 0 Å². The first-order chi connectivity index (χ1) is 10.3. The first-order valence-electron chi connectivity index (χ1n) is 7.11. The number of rotatable bonds is 8. The molecule has 2 N–H and O–H groups in total. The summed E-state index contributed by atoms with van der Waals surface area (Å²) in [6, 6.07) is 5.84. The minimum absolute atomic E-state index is 0.220. The molecule has 0 saturated heterocycles. The van der Waals surface area contributed by atoms with Crippen molar-refractivity contribution in [3.8, 4) is 5.75 Å². The van der Waals surface area contributed by atoms with Gasteiger partial charge < -0.3 is 10.5 Å². The molecule has 0 aliphatic carbocycles. The highest BCUT2D eigenvalue weighted by atomic mass is 19.4. The van der Waals surface area contributed by atoms with E-state index in [1.54, 1.807) is 12.1 Å². The number of aryl methyl sites for hydroxylation is 1. The van der Waals surface area contributed by atoms with Gasteiger partial charge in [0.2, 0.25) is 5.91 Å². The van der Waals surface area contributed by atoms with Crippen LogP contribution in [0.2, 0.25) is 0 Å². The maximum atomic E-state index is 12.0. The predicted molar refractivity (Wildman–Crippen MR) is 78.2 cm³/mol. The minimum atomic E-state index is -4.67. The van der Waals surface area contributed by atoms with Gasteiger partial charge in [0, 0.05) is 6.42 Å². The van der Waals surface area contributed by atoms with Gasteiger partial charge in [0.15, 0.2) is 0 Å². The second-order valence-corrected chi connectivity index (χ2v) is 4.91. The molecule has 0 fully saturated rings. The number of carbonyl (C=O) groups excluding carboxylic acids is 1. The van der Waals surface area contributed by atoms with E-state index in [1.807, 2.05) is 6.92 Å². The van der Waals surface area contributed by atoms with Crippen molar-refractivity contribution in [3.63, 3.8) is 0 Å². The van der Waals surface area contributed by atoms with Crippen LogP contribution in [0.25, 0.3) is 0 Å². The van der Waals surface area contributed by atoms with Crippen LogP contribution in [0.15, 0.2) is 35.9 Å². The quantitative estimate of drug-likeness (QED) is 0.734. The molecule has 0 unspecified atom stereocenters. The maximum Gasteiger partial charge on any atom is 0.573 e. The SMILES string of the molecule is CCC(=CCCc1ccc(OC(F)(F)F)cc1)CCC(N)=O. The Kier molecular flexibility index (Phi) is 6.95. The summed E-state index contributed by atoms with van der Waals surface area (Å²) in [6.07, 6.45) is 0.719. The van der Waals surface area contributed by atoms with Crippen molar-refractivity contribution < 1.29 is 22.7 Å². The molecule has 0 aliphatic heterocycles. The minimum Gasteiger partial charge on any atom is -0.406 e. The van der Waals surface area contributed by atoms with Crippen molar-refractivity contribution in [1.82, 2.24) is 0 Å². The highest BCUT2D eigenvalue weighted by molar-refractivity contribution is 5.73. The summed E-state index contributed by atoms with van der Waals surface area (Å²) in [5.74, 6) is -0.540. The molecular formula is C16H20F3NO2. The number of ether oxygens (including phenoxy) is 1. The summed E-state index contributed by atoms with van der Waals surface area (Å²) in [5.41, 5.74) is 7.20. The van der Waals surface area contributed by atoms with Gasteiger partial charge in [0.05, 0.1) is 0 Å². The van der Waals surface area contributed by atoms with Crippen molar-refractivity contribution in [2.45, 2.75) is 45.4 Å². The van der Waals surface area contributed by atoms with Gasteiger partial charge in [-0.3, -0.25) is 4.79 Å². The standard InChI is InChI=1S/C16H20F3NO2/c1-2-12(8-11-15(20)21)4-3-5-13-6-9-14(10-7-13)22-16(17,18)19/h4,6-7,9-10H,2-3,5,8,11H2,1H3,(H2,20,21). The van der Waals surface area contributed by atoms with Gasteiger partial charge in [-0.05, 0) is 43.4 Å². The van der Waals surface area contributed by atoms with E-state index in [0.717, 1.165) is 24.0 Å². The highest BCUT2D eigenvalue weighted by Gasteiger charge is 2.30. The molecule has 1 rings (SSSR count). The van der Waals surface area contributed by atoms with Crippen molar-refractivity contribution in [2.75, 3.05) is 0 Å². The summed E-state index contributed by atoms with van der Waals surface area (Å²) in [6.45, 7) is 2.01. The maximum absolute atomic E-state index is 12.0. The molecular weight excluding hydrogens is 295 g/mol. The van der Waals surface area contributed by atoms with E-state index >= 15 is 0 Å². The number of hydrogen-bond acceptors (Lipinski definition) is 2. The second kappa shape index (κ2) is 8.46. The van der Waals surface area contributed by atoms with Crippen LogP contribution in [0.4, 0.5) is 13.2 Å². The zero-order valence-corrected chi connectivity index (χ0v) is 12.5. The fourth-order valence-electron chi connectivity index (χ4n) is 2.01. The molecule has 0 bridgehead atoms. The van der Waals surface area contributed by atoms with Crippen molar-refractivity contribution in [3.05, 3.63) is 41.5 Å².